The van der Waals surface area contributed by atoms with E-state index in [2.05, 4.69) is 21.9 Å². The first-order chi connectivity index (χ1) is 13.1. The van der Waals surface area contributed by atoms with E-state index >= 15 is 0 Å². The van der Waals surface area contributed by atoms with Crippen LogP contribution in [0, 0.1) is 5.92 Å². The van der Waals surface area contributed by atoms with Crippen molar-refractivity contribution in [2.24, 2.45) is 11.7 Å². The van der Waals surface area contributed by atoms with E-state index < -0.39 is 0 Å². The Hall–Kier alpha value is -1.96. The van der Waals surface area contributed by atoms with Crippen molar-refractivity contribution < 1.29 is 14.7 Å². The molecule has 2 fully saturated rings. The van der Waals surface area contributed by atoms with Crippen molar-refractivity contribution in [2.45, 2.75) is 25.4 Å². The van der Waals surface area contributed by atoms with Crippen molar-refractivity contribution in [3.05, 3.63) is 35.9 Å². The van der Waals surface area contributed by atoms with Gasteiger partial charge in [-0.05, 0) is 31.5 Å². The molecule has 2 amide bonds. The molecule has 27 heavy (non-hydrogen) atoms. The van der Waals surface area contributed by atoms with Gasteiger partial charge in [0.2, 0.25) is 11.8 Å². The third-order valence-electron chi connectivity index (χ3n) is 5.70. The van der Waals surface area contributed by atoms with Gasteiger partial charge in [-0.15, -0.1) is 0 Å². The molecule has 1 aromatic rings. The highest BCUT2D eigenvalue weighted by atomic mass is 16.3. The maximum atomic E-state index is 12.8. The zero-order valence-corrected chi connectivity index (χ0v) is 15.8. The maximum Gasteiger partial charge on any atom is 0.237 e. The summed E-state index contributed by atoms with van der Waals surface area (Å²) >= 11 is 0. The van der Waals surface area contributed by atoms with Crippen LogP contribution in [-0.2, 0) is 16.1 Å². The summed E-state index contributed by atoms with van der Waals surface area (Å²) in [4.78, 5) is 30.3. The number of nitrogens with two attached hydrogens (primary N) is 1. The smallest absolute Gasteiger partial charge is 0.237 e. The van der Waals surface area contributed by atoms with E-state index in [1.54, 1.807) is 0 Å². The van der Waals surface area contributed by atoms with E-state index in [-0.39, 0.29) is 30.4 Å². The molecule has 0 aliphatic carbocycles. The number of rotatable bonds is 6. The summed E-state index contributed by atoms with van der Waals surface area (Å²) in [5, 5.41) is 9.81. The van der Waals surface area contributed by atoms with Gasteiger partial charge in [-0.2, -0.15) is 0 Å². The molecule has 0 spiro atoms. The van der Waals surface area contributed by atoms with Gasteiger partial charge in [0, 0.05) is 32.1 Å². The van der Waals surface area contributed by atoms with Gasteiger partial charge < -0.3 is 15.7 Å². The number of aliphatic hydroxyl groups excluding tert-OH is 1. The minimum atomic E-state index is -0.240. The van der Waals surface area contributed by atoms with Crippen LogP contribution in [0.3, 0.4) is 0 Å². The molecule has 3 rings (SSSR count). The predicted octanol–water partition coefficient (Wildman–Crippen LogP) is -0.111. The predicted molar refractivity (Wildman–Crippen MR) is 103 cm³/mol. The van der Waals surface area contributed by atoms with Gasteiger partial charge in [0.1, 0.15) is 0 Å². The molecule has 148 valence electrons. The molecule has 0 bridgehead atoms. The van der Waals surface area contributed by atoms with Crippen molar-refractivity contribution in [3.8, 4) is 0 Å². The first kappa shape index (κ1) is 19.8. The molecule has 0 radical (unpaired) electrons. The summed E-state index contributed by atoms with van der Waals surface area (Å²) in [5.41, 5.74) is 6.61. The van der Waals surface area contributed by atoms with Crippen molar-refractivity contribution in [2.75, 3.05) is 45.9 Å². The fourth-order valence-electron chi connectivity index (χ4n) is 4.05. The molecular formula is C20H30N4O3. The zero-order chi connectivity index (χ0) is 19.2. The number of nitrogens with zero attached hydrogens (tertiary/aromatic N) is 3. The first-order valence-electron chi connectivity index (χ1n) is 9.75. The molecule has 2 heterocycles. The van der Waals surface area contributed by atoms with Gasteiger partial charge in [-0.1, -0.05) is 30.3 Å². The van der Waals surface area contributed by atoms with Gasteiger partial charge in [0.05, 0.1) is 19.2 Å². The molecule has 0 saturated carbocycles. The van der Waals surface area contributed by atoms with Crippen LogP contribution >= 0.6 is 0 Å². The van der Waals surface area contributed by atoms with Crippen molar-refractivity contribution >= 4 is 11.8 Å². The van der Waals surface area contributed by atoms with Crippen LogP contribution in [0.1, 0.15) is 18.4 Å². The van der Waals surface area contributed by atoms with E-state index in [0.717, 1.165) is 39.0 Å². The number of amides is 2. The molecular weight excluding hydrogens is 344 g/mol. The number of carbonyl (C=O) groups is 2. The van der Waals surface area contributed by atoms with Crippen molar-refractivity contribution in [1.82, 2.24) is 14.7 Å². The molecule has 2 aliphatic rings. The maximum absolute atomic E-state index is 12.8. The summed E-state index contributed by atoms with van der Waals surface area (Å²) < 4.78 is 0. The number of benzene rings is 1. The van der Waals surface area contributed by atoms with Crippen LogP contribution in [0.15, 0.2) is 30.3 Å². The van der Waals surface area contributed by atoms with Gasteiger partial charge in [-0.3, -0.25) is 19.4 Å². The Morgan fingerprint density at radius 3 is 2.37 bits per heavy atom. The number of hydrogen-bond donors (Lipinski definition) is 2. The largest absolute Gasteiger partial charge is 0.394 e. The fraction of sp³-hybridized carbons (Fsp3) is 0.600. The highest BCUT2D eigenvalue weighted by molar-refractivity contribution is 5.79. The molecule has 7 nitrogen and oxygen atoms in total. The number of aliphatic hydroxyl groups is 1. The highest BCUT2D eigenvalue weighted by Crippen LogP contribution is 2.18. The molecule has 1 atom stereocenters. The monoisotopic (exact) mass is 374 g/mol. The van der Waals surface area contributed by atoms with Crippen molar-refractivity contribution in [1.29, 1.82) is 0 Å². The van der Waals surface area contributed by atoms with Gasteiger partial charge in [-0.25, -0.2) is 0 Å². The Balaban J connectivity index is 1.50. The molecule has 2 aliphatic heterocycles. The summed E-state index contributed by atoms with van der Waals surface area (Å²) in [6.07, 6.45) is 1.44. The Labute approximate surface area is 160 Å². The number of primary amides is 1. The number of hydrogen-bond acceptors (Lipinski definition) is 5. The van der Waals surface area contributed by atoms with E-state index in [1.807, 2.05) is 23.1 Å². The molecule has 0 unspecified atom stereocenters. The van der Waals surface area contributed by atoms with E-state index in [1.165, 1.54) is 5.56 Å². The second kappa shape index (κ2) is 9.30. The van der Waals surface area contributed by atoms with Crippen LogP contribution in [0.25, 0.3) is 0 Å². The average molecular weight is 374 g/mol. The quantitative estimate of drug-likeness (QED) is 0.725. The summed E-state index contributed by atoms with van der Waals surface area (Å²) in [6.45, 7) is 4.71. The van der Waals surface area contributed by atoms with Gasteiger partial charge >= 0.3 is 0 Å². The van der Waals surface area contributed by atoms with Crippen LogP contribution in [0.2, 0.25) is 0 Å². The number of piperazine rings is 1. The summed E-state index contributed by atoms with van der Waals surface area (Å²) in [6, 6.07) is 10.1. The minimum Gasteiger partial charge on any atom is -0.394 e. The average Bonchev–Trinajstić information content (AvgIpc) is 2.69. The number of carbonyl (C=O) groups excluding carboxylic acids is 2. The third-order valence-corrected chi connectivity index (χ3v) is 5.70. The second-order valence-electron chi connectivity index (χ2n) is 7.60. The number of likely N-dealkylation sites (tertiary alicyclic amines) is 1. The van der Waals surface area contributed by atoms with E-state index in [4.69, 9.17) is 5.73 Å². The lowest BCUT2D eigenvalue weighted by atomic mass is 9.96. The number of piperidine rings is 1. The first-order valence-corrected chi connectivity index (χ1v) is 9.75. The van der Waals surface area contributed by atoms with Gasteiger partial charge in [0.25, 0.3) is 0 Å². The molecule has 1 aromatic carbocycles. The van der Waals surface area contributed by atoms with Crippen LogP contribution < -0.4 is 5.73 Å². The van der Waals surface area contributed by atoms with E-state index in [0.29, 0.717) is 19.6 Å². The summed E-state index contributed by atoms with van der Waals surface area (Å²) in [7, 11) is 0. The lowest BCUT2D eigenvalue weighted by Crippen LogP contribution is -2.58. The fourth-order valence-corrected chi connectivity index (χ4v) is 4.05. The highest BCUT2D eigenvalue weighted by Gasteiger charge is 2.32. The van der Waals surface area contributed by atoms with Crippen LogP contribution in [0.5, 0.6) is 0 Å². The molecule has 2 saturated heterocycles. The zero-order valence-electron chi connectivity index (χ0n) is 15.8. The van der Waals surface area contributed by atoms with Crippen LogP contribution in [-0.4, -0.2) is 83.5 Å². The SMILES string of the molecule is NC(=O)C1CCN(CC(=O)N2CCN(Cc3ccccc3)C[C@H]2CO)CC1. The lowest BCUT2D eigenvalue weighted by Gasteiger charge is -2.42. The topological polar surface area (TPSA) is 90.1 Å². The Morgan fingerprint density at radius 2 is 1.74 bits per heavy atom. The van der Waals surface area contributed by atoms with Gasteiger partial charge in [0.15, 0.2) is 0 Å². The Morgan fingerprint density at radius 1 is 1.04 bits per heavy atom. The molecule has 3 N–H and O–H groups in total. The normalized spacial score (nSPS) is 22.7. The Bertz CT molecular complexity index is 631. The van der Waals surface area contributed by atoms with Crippen LogP contribution in [0.4, 0.5) is 0 Å². The van der Waals surface area contributed by atoms with E-state index in [9.17, 15) is 14.7 Å². The third kappa shape index (κ3) is 5.28. The molecule has 0 aromatic heterocycles. The minimum absolute atomic E-state index is 0.0270. The second-order valence-corrected chi connectivity index (χ2v) is 7.60. The Kier molecular flexibility index (Phi) is 6.82. The van der Waals surface area contributed by atoms with Crippen molar-refractivity contribution in [3.63, 3.8) is 0 Å². The lowest BCUT2D eigenvalue weighted by molar-refractivity contribution is -0.139. The summed E-state index contributed by atoms with van der Waals surface area (Å²) in [5.74, 6) is -0.245. The molecule has 7 heteroatoms. The standard InChI is InChI=1S/C20H30N4O3/c21-20(27)17-6-8-22(9-7-17)14-19(26)24-11-10-23(13-18(24)15-25)12-16-4-2-1-3-5-16/h1-5,17-18,25H,6-15H2,(H2,21,27)/t18-/m0/s1.